The van der Waals surface area contributed by atoms with E-state index < -0.39 is 11.1 Å². The lowest BCUT2D eigenvalue weighted by Gasteiger charge is -1.99. The van der Waals surface area contributed by atoms with Gasteiger partial charge in [-0.25, -0.2) is 0 Å². The molecule has 11 heavy (non-hydrogen) atoms. The maximum atomic E-state index is 9.76. The molecule has 0 aliphatic heterocycles. The lowest BCUT2D eigenvalue weighted by Crippen LogP contribution is -1.99. The van der Waals surface area contributed by atoms with Crippen molar-refractivity contribution in [3.8, 4) is 0 Å². The van der Waals surface area contributed by atoms with Gasteiger partial charge in [-0.1, -0.05) is 24.4 Å². The number of unbranched alkanes of at least 4 members (excludes halogenated alkanes) is 1. The molecule has 0 saturated heterocycles. The number of hydrogen-bond donors (Lipinski definition) is 0. The predicted molar refractivity (Wildman–Crippen MR) is 48.3 cm³/mol. The molecule has 4 heteroatoms. The van der Waals surface area contributed by atoms with Crippen molar-refractivity contribution in [3.63, 3.8) is 0 Å². The van der Waals surface area contributed by atoms with E-state index in [2.05, 4.69) is 0 Å². The molecule has 0 fully saturated rings. The maximum absolute atomic E-state index is 9.76. The van der Waals surface area contributed by atoms with Crippen molar-refractivity contribution < 1.29 is 8.76 Å². The molecular formula is C7H18NO2S-. The van der Waals surface area contributed by atoms with Gasteiger partial charge in [-0.2, -0.15) is 0 Å². The molecule has 0 bridgehead atoms. The first-order valence-corrected chi connectivity index (χ1v) is 4.91. The van der Waals surface area contributed by atoms with E-state index in [1.165, 1.54) is 0 Å². The SMILES string of the molecule is CCCCS(=O)[O-].CN(C)C. The fourth-order valence-corrected chi connectivity index (χ4v) is 0.787. The fourth-order valence-electron chi connectivity index (χ4n) is 0.262. The van der Waals surface area contributed by atoms with E-state index in [0.29, 0.717) is 5.75 Å². The van der Waals surface area contributed by atoms with E-state index in [-0.39, 0.29) is 0 Å². The summed E-state index contributed by atoms with van der Waals surface area (Å²) >= 11 is -1.82. The van der Waals surface area contributed by atoms with Crippen LogP contribution in [0.4, 0.5) is 0 Å². The van der Waals surface area contributed by atoms with Crippen LogP contribution in [0.5, 0.6) is 0 Å². The van der Waals surface area contributed by atoms with Gasteiger partial charge in [0, 0.05) is 5.75 Å². The minimum atomic E-state index is -1.82. The van der Waals surface area contributed by atoms with Gasteiger partial charge in [0.1, 0.15) is 0 Å². The van der Waals surface area contributed by atoms with Crippen molar-refractivity contribution in [2.24, 2.45) is 0 Å². The van der Waals surface area contributed by atoms with Crippen molar-refractivity contribution in [3.05, 3.63) is 0 Å². The monoisotopic (exact) mass is 180 g/mol. The average molecular weight is 180 g/mol. The number of hydrogen-bond acceptors (Lipinski definition) is 3. The van der Waals surface area contributed by atoms with Crippen molar-refractivity contribution >= 4 is 11.1 Å². The van der Waals surface area contributed by atoms with Crippen molar-refractivity contribution in [2.75, 3.05) is 26.9 Å². The second kappa shape index (κ2) is 10.1. The van der Waals surface area contributed by atoms with Crippen molar-refractivity contribution in [1.82, 2.24) is 4.90 Å². The van der Waals surface area contributed by atoms with E-state index in [0.717, 1.165) is 12.8 Å². The van der Waals surface area contributed by atoms with Crippen LogP contribution in [0, 0.1) is 0 Å². The molecule has 0 amide bonds. The second-order valence-electron chi connectivity index (χ2n) is 2.70. The van der Waals surface area contributed by atoms with Gasteiger partial charge in [-0.3, -0.25) is 4.21 Å². The van der Waals surface area contributed by atoms with Gasteiger partial charge >= 0.3 is 0 Å². The highest BCUT2D eigenvalue weighted by atomic mass is 32.2. The van der Waals surface area contributed by atoms with Gasteiger partial charge in [0.25, 0.3) is 0 Å². The summed E-state index contributed by atoms with van der Waals surface area (Å²) in [7, 11) is 6.00. The summed E-state index contributed by atoms with van der Waals surface area (Å²) in [6, 6.07) is 0. The normalized spacial score (nSPS) is 12.2. The van der Waals surface area contributed by atoms with Crippen LogP contribution in [-0.4, -0.2) is 40.6 Å². The molecule has 0 heterocycles. The molecule has 0 aliphatic carbocycles. The quantitative estimate of drug-likeness (QED) is 0.605. The molecule has 0 aliphatic rings. The molecule has 1 atom stereocenters. The maximum Gasteiger partial charge on any atom is 0.0101 e. The van der Waals surface area contributed by atoms with Gasteiger partial charge in [0.2, 0.25) is 0 Å². The Labute approximate surface area is 72.1 Å². The molecule has 0 N–H and O–H groups in total. The minimum absolute atomic E-state index is 0.316. The second-order valence-corrected chi connectivity index (χ2v) is 3.72. The van der Waals surface area contributed by atoms with Crippen molar-refractivity contribution in [1.29, 1.82) is 0 Å². The molecule has 0 aromatic rings. The highest BCUT2D eigenvalue weighted by Crippen LogP contribution is 1.86. The molecule has 0 saturated carbocycles. The summed E-state index contributed by atoms with van der Waals surface area (Å²) in [5.74, 6) is 0.316. The summed E-state index contributed by atoms with van der Waals surface area (Å²) in [5, 5.41) is 0. The van der Waals surface area contributed by atoms with E-state index >= 15 is 0 Å². The molecule has 0 rings (SSSR count). The van der Waals surface area contributed by atoms with E-state index in [1.54, 1.807) is 0 Å². The Morgan fingerprint density at radius 1 is 1.36 bits per heavy atom. The smallest absolute Gasteiger partial charge is 0.0101 e. The zero-order valence-corrected chi connectivity index (χ0v) is 8.61. The van der Waals surface area contributed by atoms with Crippen LogP contribution < -0.4 is 0 Å². The predicted octanol–water partition coefficient (Wildman–Crippen LogP) is 0.843. The molecule has 3 nitrogen and oxygen atoms in total. The van der Waals surface area contributed by atoms with E-state index in [1.807, 2.05) is 33.0 Å². The van der Waals surface area contributed by atoms with Crippen LogP contribution >= 0.6 is 0 Å². The van der Waals surface area contributed by atoms with Crippen LogP contribution in [0.15, 0.2) is 0 Å². The van der Waals surface area contributed by atoms with Crippen LogP contribution in [0.1, 0.15) is 19.8 Å². The Morgan fingerprint density at radius 3 is 1.82 bits per heavy atom. The summed E-state index contributed by atoms with van der Waals surface area (Å²) in [6.07, 6.45) is 1.74. The summed E-state index contributed by atoms with van der Waals surface area (Å²) in [4.78, 5) is 2.00. The fraction of sp³-hybridized carbons (Fsp3) is 1.00. The Morgan fingerprint density at radius 2 is 1.73 bits per heavy atom. The zero-order valence-electron chi connectivity index (χ0n) is 7.79. The van der Waals surface area contributed by atoms with Crippen molar-refractivity contribution in [2.45, 2.75) is 19.8 Å². The minimum Gasteiger partial charge on any atom is -0.772 e. The first kappa shape index (κ1) is 13.6. The van der Waals surface area contributed by atoms with Crippen LogP contribution in [0.25, 0.3) is 0 Å². The molecule has 1 unspecified atom stereocenters. The standard InChI is InChI=1S/C4H10O2S.C3H9N/c1-2-3-4-7(5)6;1-4(2)3/h2-4H2,1H3,(H,5,6);1-3H3/p-1. The molecule has 0 radical (unpaired) electrons. The summed E-state index contributed by atoms with van der Waals surface area (Å²) < 4.78 is 19.5. The molecule has 0 spiro atoms. The molecule has 70 valence electrons. The van der Waals surface area contributed by atoms with Gasteiger partial charge in [0.15, 0.2) is 0 Å². The number of rotatable bonds is 3. The highest BCUT2D eigenvalue weighted by molar-refractivity contribution is 7.79. The first-order valence-electron chi connectivity index (χ1n) is 3.67. The Kier molecular flexibility index (Phi) is 12.5. The Bertz CT molecular complexity index is 93.7. The molecule has 0 aromatic carbocycles. The van der Waals surface area contributed by atoms with Gasteiger partial charge < -0.3 is 9.45 Å². The highest BCUT2D eigenvalue weighted by Gasteiger charge is 1.79. The van der Waals surface area contributed by atoms with Gasteiger partial charge in [-0.15, -0.1) is 0 Å². The van der Waals surface area contributed by atoms with Gasteiger partial charge in [0.05, 0.1) is 0 Å². The Balaban J connectivity index is 0. The third kappa shape index (κ3) is 39.6. The lowest BCUT2D eigenvalue weighted by atomic mass is 10.4. The number of nitrogens with zero attached hydrogens (tertiary/aromatic N) is 1. The molecule has 0 aromatic heterocycles. The first-order chi connectivity index (χ1) is 5.00. The van der Waals surface area contributed by atoms with E-state index in [4.69, 9.17) is 0 Å². The summed E-state index contributed by atoms with van der Waals surface area (Å²) in [5.41, 5.74) is 0. The van der Waals surface area contributed by atoms with Crippen LogP contribution in [0.2, 0.25) is 0 Å². The van der Waals surface area contributed by atoms with E-state index in [9.17, 15) is 8.76 Å². The van der Waals surface area contributed by atoms with Gasteiger partial charge in [-0.05, 0) is 27.6 Å². The zero-order chi connectivity index (χ0) is 9.28. The summed E-state index contributed by atoms with van der Waals surface area (Å²) in [6.45, 7) is 1.97. The topological polar surface area (TPSA) is 43.4 Å². The van der Waals surface area contributed by atoms with Crippen LogP contribution in [0.3, 0.4) is 0 Å². The average Bonchev–Trinajstić information content (AvgIpc) is 1.82. The largest absolute Gasteiger partial charge is 0.772 e. The lowest BCUT2D eigenvalue weighted by molar-refractivity contribution is 0.505. The third-order valence-electron chi connectivity index (χ3n) is 0.665. The Hall–Kier alpha value is 0.0700. The van der Waals surface area contributed by atoms with Crippen LogP contribution in [-0.2, 0) is 11.1 Å². The molecular weight excluding hydrogens is 162 g/mol. The third-order valence-corrected chi connectivity index (χ3v) is 1.29.